The van der Waals surface area contributed by atoms with E-state index in [1.54, 1.807) is 36.4 Å². The number of nitrogens with zero attached hydrogens (tertiary/aromatic N) is 4. The number of sulfonamides is 1. The number of anilines is 1. The molecule has 2 aromatic carbocycles. The predicted molar refractivity (Wildman–Crippen MR) is 151 cm³/mol. The van der Waals surface area contributed by atoms with Crippen LogP contribution in [0.3, 0.4) is 0 Å². The summed E-state index contributed by atoms with van der Waals surface area (Å²) in [7, 11) is -2.73. The van der Waals surface area contributed by atoms with Crippen molar-refractivity contribution in [3.8, 4) is 34.6 Å². The van der Waals surface area contributed by atoms with Gasteiger partial charge >= 0.3 is 0 Å². The van der Waals surface area contributed by atoms with Crippen LogP contribution >= 0.6 is 0 Å². The summed E-state index contributed by atoms with van der Waals surface area (Å²) in [5.74, 6) is -0.798. The summed E-state index contributed by atoms with van der Waals surface area (Å²) < 4.78 is 91.0. The van der Waals surface area contributed by atoms with E-state index in [4.69, 9.17) is 18.9 Å². The molecule has 0 saturated carbocycles. The maximum absolute atomic E-state index is 13.9. The van der Waals surface area contributed by atoms with E-state index in [9.17, 15) is 21.2 Å². The van der Waals surface area contributed by atoms with E-state index < -0.39 is 42.4 Å². The molecule has 0 fully saturated rings. The molecule has 1 atom stereocenters. The number of aromatic nitrogens is 4. The van der Waals surface area contributed by atoms with Gasteiger partial charge in [0.2, 0.25) is 21.9 Å². The molecule has 1 unspecified atom stereocenters. The van der Waals surface area contributed by atoms with Gasteiger partial charge in [-0.2, -0.15) is 0 Å². The van der Waals surface area contributed by atoms with Crippen molar-refractivity contribution in [1.82, 2.24) is 19.7 Å². The summed E-state index contributed by atoms with van der Waals surface area (Å²) in [5.41, 5.74) is 0.533. The highest BCUT2D eigenvalue weighted by Crippen LogP contribution is 2.38. The zero-order valence-corrected chi connectivity index (χ0v) is 24.9. The molecule has 0 radical (unpaired) electrons. The van der Waals surface area contributed by atoms with Crippen molar-refractivity contribution in [2.24, 2.45) is 0 Å². The van der Waals surface area contributed by atoms with E-state index in [0.29, 0.717) is 17.2 Å². The first-order valence-corrected chi connectivity index (χ1v) is 15.7. The quantitative estimate of drug-likeness (QED) is 0.248. The van der Waals surface area contributed by atoms with Gasteiger partial charge in [0.1, 0.15) is 28.7 Å². The number of hydrogen-bond acceptors (Lipinski definition) is 11. The summed E-state index contributed by atoms with van der Waals surface area (Å²) >= 11 is 0. The molecule has 0 spiro atoms. The number of para-hydroxylation sites is 1. The summed E-state index contributed by atoms with van der Waals surface area (Å²) in [6.45, 7) is 0. The minimum Gasteiger partial charge on any atom is -0.494 e. The fraction of sp³-hybridized carbons (Fsp3) is 0.269. The highest BCUT2D eigenvalue weighted by molar-refractivity contribution is 7.92. The van der Waals surface area contributed by atoms with Crippen LogP contribution < -0.4 is 18.9 Å². The molecule has 16 heteroatoms. The fourth-order valence-corrected chi connectivity index (χ4v) is 6.36. The van der Waals surface area contributed by atoms with Crippen molar-refractivity contribution in [3.63, 3.8) is 0 Å². The second kappa shape index (κ2) is 12.3. The third-order valence-corrected chi connectivity index (χ3v) is 8.46. The van der Waals surface area contributed by atoms with E-state index in [0.717, 1.165) is 18.4 Å². The SMILES string of the molecule is COc1cccc(-c2nnc(NS(=O)(=O)CC(OC)c3ccc(F)cc3S(C)(=O)=O)n2-c2c(OC)cccc2OC)n1. The number of benzene rings is 2. The van der Waals surface area contributed by atoms with Crippen molar-refractivity contribution in [1.29, 1.82) is 0 Å². The number of ether oxygens (including phenoxy) is 4. The molecule has 42 heavy (non-hydrogen) atoms. The van der Waals surface area contributed by atoms with Gasteiger partial charge in [-0.1, -0.05) is 18.2 Å². The van der Waals surface area contributed by atoms with Crippen LogP contribution in [-0.4, -0.2) is 77.0 Å². The molecule has 0 saturated heterocycles. The van der Waals surface area contributed by atoms with Crippen LogP contribution in [0.5, 0.6) is 17.4 Å². The van der Waals surface area contributed by atoms with Gasteiger partial charge in [-0.05, 0) is 30.3 Å². The molecule has 2 aromatic heterocycles. The molecule has 0 amide bonds. The molecule has 2 heterocycles. The van der Waals surface area contributed by atoms with Crippen molar-refractivity contribution in [3.05, 3.63) is 66.0 Å². The summed E-state index contributed by atoms with van der Waals surface area (Å²) in [6, 6.07) is 12.9. The number of halogens is 1. The van der Waals surface area contributed by atoms with Gasteiger partial charge in [-0.3, -0.25) is 9.29 Å². The molecular weight excluding hydrogens is 593 g/mol. The molecule has 13 nitrogen and oxygen atoms in total. The van der Waals surface area contributed by atoms with Crippen molar-refractivity contribution in [2.45, 2.75) is 11.0 Å². The Labute approximate surface area is 242 Å². The van der Waals surface area contributed by atoms with Crippen LogP contribution in [0.1, 0.15) is 11.7 Å². The highest BCUT2D eigenvalue weighted by atomic mass is 32.2. The van der Waals surface area contributed by atoms with Crippen molar-refractivity contribution >= 4 is 25.8 Å². The molecule has 0 aliphatic rings. The van der Waals surface area contributed by atoms with Crippen LogP contribution in [-0.2, 0) is 24.6 Å². The lowest BCUT2D eigenvalue weighted by Gasteiger charge is -2.20. The van der Waals surface area contributed by atoms with Crippen LogP contribution in [0, 0.1) is 5.82 Å². The number of rotatable bonds is 12. The summed E-state index contributed by atoms with van der Waals surface area (Å²) in [6.07, 6.45) is -0.397. The average Bonchev–Trinajstić information content (AvgIpc) is 3.37. The van der Waals surface area contributed by atoms with Gasteiger partial charge in [-0.25, -0.2) is 26.2 Å². The maximum atomic E-state index is 13.9. The summed E-state index contributed by atoms with van der Waals surface area (Å²) in [5, 5.41) is 8.27. The average molecular weight is 622 g/mol. The number of nitrogens with one attached hydrogen (secondary N) is 1. The summed E-state index contributed by atoms with van der Waals surface area (Å²) in [4.78, 5) is 4.01. The first-order valence-electron chi connectivity index (χ1n) is 12.1. The fourth-order valence-electron chi connectivity index (χ4n) is 4.19. The van der Waals surface area contributed by atoms with Gasteiger partial charge in [0, 0.05) is 25.0 Å². The Hall–Kier alpha value is -4.28. The number of hydrogen-bond donors (Lipinski definition) is 1. The lowest BCUT2D eigenvalue weighted by Crippen LogP contribution is -2.25. The largest absolute Gasteiger partial charge is 0.494 e. The molecule has 4 aromatic rings. The Kier molecular flexibility index (Phi) is 8.98. The number of sulfone groups is 1. The molecule has 1 N–H and O–H groups in total. The Bertz CT molecular complexity index is 1790. The van der Waals surface area contributed by atoms with E-state index in [1.165, 1.54) is 39.1 Å². The smallest absolute Gasteiger partial charge is 0.243 e. The Morgan fingerprint density at radius 1 is 0.905 bits per heavy atom. The Morgan fingerprint density at radius 3 is 2.17 bits per heavy atom. The molecule has 224 valence electrons. The molecule has 0 aliphatic carbocycles. The van der Waals surface area contributed by atoms with Crippen molar-refractivity contribution < 1.29 is 40.2 Å². The van der Waals surface area contributed by atoms with Gasteiger partial charge in [0.25, 0.3) is 0 Å². The van der Waals surface area contributed by atoms with Gasteiger partial charge in [0.15, 0.2) is 15.7 Å². The Balaban J connectivity index is 1.84. The third-order valence-electron chi connectivity index (χ3n) is 6.07. The van der Waals surface area contributed by atoms with Crippen LogP contribution in [0.4, 0.5) is 10.3 Å². The third kappa shape index (κ3) is 6.45. The molecule has 0 bridgehead atoms. The second-order valence-electron chi connectivity index (χ2n) is 8.82. The Morgan fingerprint density at radius 2 is 1.57 bits per heavy atom. The second-order valence-corrected chi connectivity index (χ2v) is 12.6. The normalized spacial score (nSPS) is 12.5. The number of methoxy groups -OCH3 is 4. The first kappa shape index (κ1) is 30.7. The highest BCUT2D eigenvalue weighted by Gasteiger charge is 2.30. The van der Waals surface area contributed by atoms with Crippen LogP contribution in [0.2, 0.25) is 0 Å². The van der Waals surface area contributed by atoms with E-state index in [-0.39, 0.29) is 28.9 Å². The van der Waals surface area contributed by atoms with Gasteiger partial charge in [-0.15, -0.1) is 10.2 Å². The lowest BCUT2D eigenvalue weighted by molar-refractivity contribution is 0.119. The standard InChI is InChI=1S/C26H28FN5O8S2/c1-37-19-9-7-10-20(38-2)24(19)32-25(18-8-6-11-23(28-18)40-4)29-30-26(32)31-42(35,36)15-21(39-3)17-13-12-16(27)14-22(17)41(5,33)34/h6-14,21H,15H2,1-5H3,(H,30,31). The van der Waals surface area contributed by atoms with Crippen LogP contribution in [0.15, 0.2) is 59.5 Å². The molecule has 0 aliphatic heterocycles. The molecular formula is C26H28FN5O8S2. The predicted octanol–water partition coefficient (Wildman–Crippen LogP) is 3.03. The minimum absolute atomic E-state index is 0.0269. The van der Waals surface area contributed by atoms with E-state index >= 15 is 0 Å². The van der Waals surface area contributed by atoms with E-state index in [2.05, 4.69) is 19.9 Å². The zero-order chi connectivity index (χ0) is 30.7. The maximum Gasteiger partial charge on any atom is 0.243 e. The van der Waals surface area contributed by atoms with Gasteiger partial charge in [0.05, 0.1) is 38.1 Å². The van der Waals surface area contributed by atoms with Gasteiger partial charge < -0.3 is 18.9 Å². The number of pyridine rings is 1. The van der Waals surface area contributed by atoms with Crippen molar-refractivity contribution in [2.75, 3.05) is 45.2 Å². The zero-order valence-electron chi connectivity index (χ0n) is 23.2. The molecule has 4 rings (SSSR count). The van der Waals surface area contributed by atoms with Crippen LogP contribution in [0.25, 0.3) is 17.2 Å². The lowest BCUT2D eigenvalue weighted by atomic mass is 10.1. The topological polar surface area (TPSA) is 161 Å². The minimum atomic E-state index is -4.33. The van der Waals surface area contributed by atoms with E-state index in [1.807, 2.05) is 0 Å². The first-order chi connectivity index (χ1) is 19.9. The monoisotopic (exact) mass is 621 g/mol.